The third-order valence-electron chi connectivity index (χ3n) is 2.65. The molecular formula is C12H15N3O4. The average molecular weight is 265 g/mol. The third kappa shape index (κ3) is 4.03. The van der Waals surface area contributed by atoms with E-state index in [1.807, 2.05) is 6.07 Å². The molecule has 1 atom stereocenters. The minimum atomic E-state index is -1.16. The minimum absolute atomic E-state index is 0.0930. The van der Waals surface area contributed by atoms with Gasteiger partial charge in [-0.3, -0.25) is 0 Å². The Morgan fingerprint density at radius 1 is 1.58 bits per heavy atom. The molecule has 7 heteroatoms. The van der Waals surface area contributed by atoms with Crippen molar-refractivity contribution in [3.05, 3.63) is 23.7 Å². The molecular weight excluding hydrogens is 250 g/mol. The fourth-order valence-electron chi connectivity index (χ4n) is 1.34. The number of nitriles is 1. The summed E-state index contributed by atoms with van der Waals surface area (Å²) in [5.41, 5.74) is 0. The molecule has 0 bridgehead atoms. The molecule has 0 saturated heterocycles. The van der Waals surface area contributed by atoms with Gasteiger partial charge >= 0.3 is 12.0 Å². The number of carboxylic acids is 1. The van der Waals surface area contributed by atoms with Crippen molar-refractivity contribution in [2.45, 2.75) is 25.9 Å². The summed E-state index contributed by atoms with van der Waals surface area (Å²) in [5, 5.41) is 19.8. The normalized spacial score (nSPS) is 11.4. The lowest BCUT2D eigenvalue weighted by Gasteiger charge is -2.22. The van der Waals surface area contributed by atoms with E-state index in [-0.39, 0.29) is 30.8 Å². The molecule has 0 aliphatic rings. The van der Waals surface area contributed by atoms with Crippen molar-refractivity contribution in [3.63, 3.8) is 0 Å². The van der Waals surface area contributed by atoms with Gasteiger partial charge in [0.05, 0.1) is 19.0 Å². The van der Waals surface area contributed by atoms with E-state index in [1.165, 1.54) is 17.0 Å². The first-order chi connectivity index (χ1) is 8.95. The number of carboxylic acid groups (broad SMARTS) is 1. The Morgan fingerprint density at radius 2 is 2.26 bits per heavy atom. The first kappa shape index (κ1) is 14.6. The molecule has 0 aromatic carbocycles. The molecule has 1 aromatic heterocycles. The fraction of sp³-hybridized carbons (Fsp3) is 0.417. The van der Waals surface area contributed by atoms with E-state index in [4.69, 9.17) is 14.8 Å². The number of rotatable bonds is 5. The number of carbonyl (C=O) groups excluding carboxylic acids is 1. The molecule has 0 radical (unpaired) electrons. The van der Waals surface area contributed by atoms with Crippen LogP contribution in [0.25, 0.3) is 0 Å². The average Bonchev–Trinajstić information content (AvgIpc) is 2.84. The lowest BCUT2D eigenvalue weighted by molar-refractivity contribution is 0.0660. The first-order valence-electron chi connectivity index (χ1n) is 5.65. The van der Waals surface area contributed by atoms with E-state index in [9.17, 15) is 9.59 Å². The van der Waals surface area contributed by atoms with Crippen LogP contribution in [0.2, 0.25) is 0 Å². The molecule has 0 spiro atoms. The van der Waals surface area contributed by atoms with Crippen LogP contribution in [0.1, 0.15) is 29.7 Å². The highest BCUT2D eigenvalue weighted by Crippen LogP contribution is 2.08. The molecule has 102 valence electrons. The Morgan fingerprint density at radius 3 is 2.79 bits per heavy atom. The molecule has 1 aromatic rings. The second-order valence-electron chi connectivity index (χ2n) is 4.05. The number of amides is 2. The largest absolute Gasteiger partial charge is 0.475 e. The molecule has 1 rings (SSSR count). The molecule has 1 unspecified atom stereocenters. The zero-order valence-corrected chi connectivity index (χ0v) is 10.7. The number of nitrogens with zero attached hydrogens (tertiary/aromatic N) is 2. The highest BCUT2D eigenvalue weighted by Gasteiger charge is 2.16. The predicted molar refractivity (Wildman–Crippen MR) is 65.4 cm³/mol. The smallest absolute Gasteiger partial charge is 0.371 e. The molecule has 19 heavy (non-hydrogen) atoms. The maximum Gasteiger partial charge on any atom is 0.371 e. The number of nitrogens with one attached hydrogen (secondary N) is 1. The van der Waals surface area contributed by atoms with Crippen molar-refractivity contribution in [3.8, 4) is 6.07 Å². The Hall–Kier alpha value is -2.49. The van der Waals surface area contributed by atoms with Crippen LogP contribution < -0.4 is 5.32 Å². The van der Waals surface area contributed by atoms with Crippen LogP contribution in [0.3, 0.4) is 0 Å². The Kier molecular flexibility index (Phi) is 4.94. The van der Waals surface area contributed by atoms with Gasteiger partial charge in [0.25, 0.3) is 0 Å². The predicted octanol–water partition coefficient (Wildman–Crippen LogP) is 1.42. The summed E-state index contributed by atoms with van der Waals surface area (Å²) in [6.07, 6.45) is 0.244. The summed E-state index contributed by atoms with van der Waals surface area (Å²) in [5.74, 6) is -0.972. The molecule has 0 saturated carbocycles. The maximum atomic E-state index is 11.7. The Labute approximate surface area is 110 Å². The SMILES string of the molecule is CC(CC#N)N(C)C(=O)NCc1ccc(C(=O)O)o1. The van der Waals surface area contributed by atoms with Gasteiger partial charge in [0.15, 0.2) is 0 Å². The lowest BCUT2D eigenvalue weighted by atomic mass is 10.2. The van der Waals surface area contributed by atoms with E-state index in [1.54, 1.807) is 14.0 Å². The van der Waals surface area contributed by atoms with Crippen LogP contribution in [-0.2, 0) is 6.54 Å². The van der Waals surface area contributed by atoms with Crippen LogP contribution in [0.15, 0.2) is 16.5 Å². The Bertz CT molecular complexity index is 503. The first-order valence-corrected chi connectivity index (χ1v) is 5.65. The number of urea groups is 1. The lowest BCUT2D eigenvalue weighted by Crippen LogP contribution is -2.41. The summed E-state index contributed by atoms with van der Waals surface area (Å²) in [6, 6.07) is 4.25. The van der Waals surface area contributed by atoms with E-state index in [2.05, 4.69) is 5.32 Å². The number of hydrogen-bond acceptors (Lipinski definition) is 4. The third-order valence-corrected chi connectivity index (χ3v) is 2.65. The van der Waals surface area contributed by atoms with Crippen LogP contribution in [0, 0.1) is 11.3 Å². The Balaban J connectivity index is 2.49. The molecule has 0 fully saturated rings. The number of aromatic carboxylic acids is 1. The second-order valence-corrected chi connectivity index (χ2v) is 4.05. The summed E-state index contributed by atoms with van der Waals surface area (Å²) < 4.78 is 5.00. The molecule has 0 aliphatic heterocycles. The van der Waals surface area contributed by atoms with Crippen molar-refractivity contribution in [2.75, 3.05) is 7.05 Å². The van der Waals surface area contributed by atoms with E-state index in [0.29, 0.717) is 5.76 Å². The molecule has 2 amide bonds. The van der Waals surface area contributed by atoms with Crippen molar-refractivity contribution in [2.24, 2.45) is 0 Å². The van der Waals surface area contributed by atoms with E-state index >= 15 is 0 Å². The van der Waals surface area contributed by atoms with Crippen molar-refractivity contribution < 1.29 is 19.1 Å². The van der Waals surface area contributed by atoms with Gasteiger partial charge in [-0.05, 0) is 19.1 Å². The van der Waals surface area contributed by atoms with Gasteiger partial charge in [-0.1, -0.05) is 0 Å². The zero-order valence-electron chi connectivity index (χ0n) is 10.7. The summed E-state index contributed by atoms with van der Waals surface area (Å²) in [6.45, 7) is 1.86. The van der Waals surface area contributed by atoms with Gasteiger partial charge < -0.3 is 19.7 Å². The molecule has 1 heterocycles. The van der Waals surface area contributed by atoms with Gasteiger partial charge in [0, 0.05) is 13.1 Å². The summed E-state index contributed by atoms with van der Waals surface area (Å²) in [4.78, 5) is 23.7. The highest BCUT2D eigenvalue weighted by atomic mass is 16.4. The van der Waals surface area contributed by atoms with Crippen LogP contribution in [-0.4, -0.2) is 35.1 Å². The molecule has 2 N–H and O–H groups in total. The van der Waals surface area contributed by atoms with Crippen LogP contribution in [0.4, 0.5) is 4.79 Å². The minimum Gasteiger partial charge on any atom is -0.475 e. The van der Waals surface area contributed by atoms with Crippen molar-refractivity contribution >= 4 is 12.0 Å². The second kappa shape index (κ2) is 6.44. The summed E-state index contributed by atoms with van der Waals surface area (Å²) >= 11 is 0. The van der Waals surface area contributed by atoms with E-state index in [0.717, 1.165) is 0 Å². The maximum absolute atomic E-state index is 11.7. The van der Waals surface area contributed by atoms with Gasteiger partial charge in [0.2, 0.25) is 5.76 Å². The summed E-state index contributed by atoms with van der Waals surface area (Å²) in [7, 11) is 1.59. The quantitative estimate of drug-likeness (QED) is 0.837. The standard InChI is InChI=1S/C12H15N3O4/c1-8(5-6-13)15(2)12(18)14-7-9-3-4-10(19-9)11(16)17/h3-4,8H,5,7H2,1-2H3,(H,14,18)(H,16,17). The van der Waals surface area contributed by atoms with Crippen molar-refractivity contribution in [1.82, 2.24) is 10.2 Å². The van der Waals surface area contributed by atoms with Crippen LogP contribution in [0.5, 0.6) is 0 Å². The number of furan rings is 1. The monoisotopic (exact) mass is 265 g/mol. The van der Waals surface area contributed by atoms with Gasteiger partial charge in [-0.15, -0.1) is 0 Å². The number of hydrogen-bond donors (Lipinski definition) is 2. The zero-order chi connectivity index (χ0) is 14.4. The van der Waals surface area contributed by atoms with Crippen molar-refractivity contribution in [1.29, 1.82) is 5.26 Å². The fourth-order valence-corrected chi connectivity index (χ4v) is 1.34. The molecule has 0 aliphatic carbocycles. The van der Waals surface area contributed by atoms with Gasteiger partial charge in [0.1, 0.15) is 5.76 Å². The van der Waals surface area contributed by atoms with Gasteiger partial charge in [-0.2, -0.15) is 5.26 Å². The number of carbonyl (C=O) groups is 2. The van der Waals surface area contributed by atoms with Gasteiger partial charge in [-0.25, -0.2) is 9.59 Å². The van der Waals surface area contributed by atoms with Crippen LogP contribution >= 0.6 is 0 Å². The topological polar surface area (TPSA) is 107 Å². The van der Waals surface area contributed by atoms with E-state index < -0.39 is 5.97 Å². The highest BCUT2D eigenvalue weighted by molar-refractivity contribution is 5.84. The molecule has 7 nitrogen and oxygen atoms in total.